The summed E-state index contributed by atoms with van der Waals surface area (Å²) in [4.78, 5) is 5.43. The van der Waals surface area contributed by atoms with Crippen LogP contribution in [0.2, 0.25) is 0 Å². The topological polar surface area (TPSA) is 24.6 Å². The van der Waals surface area contributed by atoms with E-state index in [2.05, 4.69) is 39.9 Å². The number of rotatable bonds is 2. The minimum Gasteiger partial charge on any atom is -0.335 e. The molecule has 12 heavy (non-hydrogen) atoms. The van der Waals surface area contributed by atoms with Gasteiger partial charge >= 0.3 is 0 Å². The quantitative estimate of drug-likeness (QED) is 0.585. The van der Waals surface area contributed by atoms with Crippen molar-refractivity contribution >= 4 is 0 Å². The molecule has 0 fully saturated rings. The molecule has 0 spiro atoms. The summed E-state index contributed by atoms with van der Waals surface area (Å²) in [5, 5.41) is 4.04. The second-order valence-electron chi connectivity index (χ2n) is 4.33. The van der Waals surface area contributed by atoms with Gasteiger partial charge in [-0.25, -0.2) is 0 Å². The maximum Gasteiger partial charge on any atom is 0.214 e. The van der Waals surface area contributed by atoms with Crippen molar-refractivity contribution in [3.63, 3.8) is 0 Å². The van der Waals surface area contributed by atoms with Gasteiger partial charge in [0.05, 0.1) is 0 Å². The lowest BCUT2D eigenvalue weighted by Gasteiger charge is -2.20. The first-order valence-corrected chi connectivity index (χ1v) is 4.61. The molecule has 0 aromatic rings. The van der Waals surface area contributed by atoms with Crippen LogP contribution in [0.3, 0.4) is 0 Å². The zero-order chi connectivity index (χ0) is 9.35. The molecule has 3 heteroatoms. The molecule has 0 N–H and O–H groups in total. The minimum atomic E-state index is -0.0930. The van der Waals surface area contributed by atoms with Crippen LogP contribution >= 0.6 is 0 Å². The molecule has 1 unspecified atom stereocenters. The van der Waals surface area contributed by atoms with Crippen molar-refractivity contribution in [1.29, 1.82) is 0 Å². The van der Waals surface area contributed by atoms with Gasteiger partial charge in [-0.2, -0.15) is 0 Å². The number of hydrogen-bond donors (Lipinski definition) is 0. The summed E-state index contributed by atoms with van der Waals surface area (Å²) < 4.78 is 2.00. The minimum absolute atomic E-state index is 0.0930. The summed E-state index contributed by atoms with van der Waals surface area (Å²) in [6.07, 6.45) is 0. The fraction of sp³-hybridized carbons (Fsp3) is 1.00. The molecule has 70 valence electrons. The third kappa shape index (κ3) is 1.59. The normalized spacial score (nSPS) is 29.4. The third-order valence-electron chi connectivity index (χ3n) is 2.65. The largest absolute Gasteiger partial charge is 0.335 e. The molecule has 1 heterocycles. The number of nitrogens with zero attached hydrogens (tertiary/aromatic N) is 2. The van der Waals surface area contributed by atoms with Crippen molar-refractivity contribution in [2.75, 3.05) is 6.54 Å². The molecular weight excluding hydrogens is 152 g/mol. The second kappa shape index (κ2) is 3.04. The molecule has 1 aliphatic heterocycles. The maximum atomic E-state index is 5.43. The van der Waals surface area contributed by atoms with E-state index in [1.165, 1.54) is 0 Å². The molecule has 1 rings (SSSR count). The Morgan fingerprint density at radius 3 is 2.17 bits per heavy atom. The first-order valence-electron chi connectivity index (χ1n) is 4.61. The molecule has 1 atom stereocenters. The van der Waals surface area contributed by atoms with Gasteiger partial charge in [-0.1, -0.05) is 18.5 Å². The second-order valence-corrected chi connectivity index (χ2v) is 4.33. The molecule has 0 bridgehead atoms. The van der Waals surface area contributed by atoms with Crippen molar-refractivity contribution in [2.45, 2.75) is 46.3 Å². The van der Waals surface area contributed by atoms with Gasteiger partial charge < -0.3 is 4.84 Å². The standard InChI is InChI=1S/C9H19N2O/c1-7(2)9(5)6-11(8(3)4)10-12-9/h7-8H,6H2,1-5H3/q+1. The highest BCUT2D eigenvalue weighted by Gasteiger charge is 2.43. The van der Waals surface area contributed by atoms with E-state index in [1.807, 2.05) is 4.70 Å². The maximum absolute atomic E-state index is 5.43. The predicted octanol–water partition coefficient (Wildman–Crippen LogP) is 2.22. The Morgan fingerprint density at radius 2 is 1.92 bits per heavy atom. The van der Waals surface area contributed by atoms with Gasteiger partial charge in [0, 0.05) is 5.92 Å². The van der Waals surface area contributed by atoms with E-state index in [0.29, 0.717) is 12.0 Å². The zero-order valence-corrected chi connectivity index (χ0v) is 8.66. The molecular formula is C9H19N2O+. The third-order valence-corrected chi connectivity index (χ3v) is 2.65. The lowest BCUT2D eigenvalue weighted by molar-refractivity contribution is -0.618. The van der Waals surface area contributed by atoms with E-state index in [4.69, 9.17) is 4.84 Å². The summed E-state index contributed by atoms with van der Waals surface area (Å²) in [5.74, 6) is 0.505. The fourth-order valence-electron chi connectivity index (χ4n) is 1.09. The van der Waals surface area contributed by atoms with E-state index in [1.54, 1.807) is 0 Å². The summed E-state index contributed by atoms with van der Waals surface area (Å²) in [6.45, 7) is 11.6. The molecule has 1 aliphatic rings. The van der Waals surface area contributed by atoms with Crippen LogP contribution in [0.4, 0.5) is 0 Å². The Morgan fingerprint density at radius 1 is 1.33 bits per heavy atom. The van der Waals surface area contributed by atoms with Crippen LogP contribution in [0.15, 0.2) is 5.28 Å². The molecule has 0 saturated carbocycles. The van der Waals surface area contributed by atoms with Gasteiger partial charge in [0.25, 0.3) is 0 Å². The van der Waals surface area contributed by atoms with E-state index in [-0.39, 0.29) is 5.60 Å². The molecule has 0 saturated heterocycles. The van der Waals surface area contributed by atoms with Crippen LogP contribution in [-0.4, -0.2) is 22.9 Å². The average Bonchev–Trinajstić information content (AvgIpc) is 2.33. The first-order chi connectivity index (χ1) is 5.46. The molecule has 0 radical (unpaired) electrons. The summed E-state index contributed by atoms with van der Waals surface area (Å²) >= 11 is 0. The van der Waals surface area contributed by atoms with Crippen LogP contribution in [0.25, 0.3) is 0 Å². The highest BCUT2D eigenvalue weighted by atomic mass is 16.7. The fourth-order valence-corrected chi connectivity index (χ4v) is 1.09. The zero-order valence-electron chi connectivity index (χ0n) is 8.66. The summed E-state index contributed by atoms with van der Waals surface area (Å²) in [6, 6.07) is 0.436. The van der Waals surface area contributed by atoms with Crippen LogP contribution < -0.4 is 0 Å². The van der Waals surface area contributed by atoms with Crippen LogP contribution in [0.1, 0.15) is 34.6 Å². The SMILES string of the molecule is CC(C)[N+]1=NOC(C)(C(C)C)C1. The van der Waals surface area contributed by atoms with Crippen molar-refractivity contribution in [1.82, 2.24) is 0 Å². The van der Waals surface area contributed by atoms with Gasteiger partial charge in [-0.15, -0.1) is 0 Å². The van der Waals surface area contributed by atoms with Crippen molar-refractivity contribution in [3.8, 4) is 0 Å². The summed E-state index contributed by atoms with van der Waals surface area (Å²) in [7, 11) is 0. The highest BCUT2D eigenvalue weighted by molar-refractivity contribution is 4.78. The molecule has 0 aliphatic carbocycles. The average molecular weight is 171 g/mol. The van der Waals surface area contributed by atoms with Crippen LogP contribution in [-0.2, 0) is 4.84 Å². The van der Waals surface area contributed by atoms with E-state index >= 15 is 0 Å². The van der Waals surface area contributed by atoms with Gasteiger partial charge in [0.15, 0.2) is 11.3 Å². The summed E-state index contributed by atoms with van der Waals surface area (Å²) in [5.41, 5.74) is -0.0930. The Kier molecular flexibility index (Phi) is 2.40. The van der Waals surface area contributed by atoms with Crippen LogP contribution in [0, 0.1) is 5.92 Å². The number of hydrogen-bond acceptors (Lipinski definition) is 2. The van der Waals surface area contributed by atoms with Gasteiger partial charge in [0.1, 0.15) is 0 Å². The molecule has 0 aromatic carbocycles. The van der Waals surface area contributed by atoms with E-state index in [0.717, 1.165) is 6.54 Å². The predicted molar refractivity (Wildman–Crippen MR) is 47.0 cm³/mol. The lowest BCUT2D eigenvalue weighted by Crippen LogP contribution is -2.38. The lowest BCUT2D eigenvalue weighted by atomic mass is 9.92. The monoisotopic (exact) mass is 171 g/mol. The van der Waals surface area contributed by atoms with Crippen LogP contribution in [0.5, 0.6) is 0 Å². The van der Waals surface area contributed by atoms with Crippen molar-refractivity contribution < 1.29 is 9.53 Å². The van der Waals surface area contributed by atoms with Gasteiger partial charge in [0.2, 0.25) is 12.1 Å². The highest BCUT2D eigenvalue weighted by Crippen LogP contribution is 2.27. The Labute approximate surface area is 74.4 Å². The molecule has 0 amide bonds. The molecule has 3 nitrogen and oxygen atoms in total. The van der Waals surface area contributed by atoms with Gasteiger partial charge in [-0.3, -0.25) is 0 Å². The Bertz CT molecular complexity index is 199. The van der Waals surface area contributed by atoms with Crippen molar-refractivity contribution in [3.05, 3.63) is 0 Å². The van der Waals surface area contributed by atoms with E-state index in [9.17, 15) is 0 Å². The van der Waals surface area contributed by atoms with Gasteiger partial charge in [-0.05, 0) is 20.8 Å². The van der Waals surface area contributed by atoms with Crippen molar-refractivity contribution in [2.24, 2.45) is 11.2 Å². The first kappa shape index (κ1) is 9.49. The smallest absolute Gasteiger partial charge is 0.214 e. The Balaban J connectivity index is 2.62. The molecule has 0 aromatic heterocycles. The Hall–Kier alpha value is -0.600. The van der Waals surface area contributed by atoms with E-state index < -0.39 is 0 Å².